The van der Waals surface area contributed by atoms with Gasteiger partial charge in [-0.3, -0.25) is 0 Å². The number of nitrogens with zero attached hydrogens (tertiary/aromatic N) is 2. The Labute approximate surface area is 155 Å². The van der Waals surface area contributed by atoms with E-state index in [0.717, 1.165) is 11.6 Å². The predicted molar refractivity (Wildman–Crippen MR) is 96.9 cm³/mol. The first-order valence-electron chi connectivity index (χ1n) is 8.49. The molecule has 0 radical (unpaired) electrons. The average molecular weight is 379 g/mol. The van der Waals surface area contributed by atoms with Crippen molar-refractivity contribution in [3.63, 3.8) is 0 Å². The molecule has 0 aromatic heterocycles. The van der Waals surface area contributed by atoms with E-state index in [-0.39, 0.29) is 11.7 Å². The lowest BCUT2D eigenvalue weighted by Crippen LogP contribution is -2.50. The standard InChI is InChI=1S/C19H20F3N3O2/c1-12-3-6-16(27-2)14(11-12)23-19(26)25-9-7-24(8-10-25)15-5-4-13(20)17(21)18(15)22/h3-6,11H,7-10H2,1-2H3,(H,23,26). The van der Waals surface area contributed by atoms with Gasteiger partial charge in [0, 0.05) is 26.2 Å². The molecule has 1 aliphatic rings. The van der Waals surface area contributed by atoms with Crippen molar-refractivity contribution in [3.05, 3.63) is 53.3 Å². The highest BCUT2D eigenvalue weighted by molar-refractivity contribution is 5.91. The lowest BCUT2D eigenvalue weighted by molar-refractivity contribution is 0.208. The van der Waals surface area contributed by atoms with E-state index in [0.29, 0.717) is 37.6 Å². The molecule has 3 rings (SSSR count). The Hall–Kier alpha value is -2.90. The fourth-order valence-electron chi connectivity index (χ4n) is 3.02. The minimum absolute atomic E-state index is 0.00527. The summed E-state index contributed by atoms with van der Waals surface area (Å²) in [6.45, 7) is 3.15. The van der Waals surface area contributed by atoms with Crippen LogP contribution in [0.3, 0.4) is 0 Å². The Morgan fingerprint density at radius 2 is 1.74 bits per heavy atom. The van der Waals surface area contributed by atoms with Crippen LogP contribution in [-0.2, 0) is 0 Å². The molecule has 27 heavy (non-hydrogen) atoms. The van der Waals surface area contributed by atoms with Crippen LogP contribution in [0.5, 0.6) is 5.75 Å². The fraction of sp³-hybridized carbons (Fsp3) is 0.316. The zero-order valence-electron chi connectivity index (χ0n) is 15.1. The Morgan fingerprint density at radius 1 is 1.04 bits per heavy atom. The number of amides is 2. The molecule has 0 bridgehead atoms. The topological polar surface area (TPSA) is 44.8 Å². The molecule has 1 heterocycles. The van der Waals surface area contributed by atoms with Crippen LogP contribution < -0.4 is 15.0 Å². The summed E-state index contributed by atoms with van der Waals surface area (Å²) in [5.74, 6) is -3.37. The Balaban J connectivity index is 1.65. The number of urea groups is 1. The summed E-state index contributed by atoms with van der Waals surface area (Å²) < 4.78 is 45.7. The minimum atomic E-state index is -1.49. The summed E-state index contributed by atoms with van der Waals surface area (Å²) in [7, 11) is 1.52. The van der Waals surface area contributed by atoms with Crippen molar-refractivity contribution in [1.82, 2.24) is 4.90 Å². The zero-order chi connectivity index (χ0) is 19.6. The molecule has 8 heteroatoms. The van der Waals surface area contributed by atoms with Crippen LogP contribution in [0.1, 0.15) is 5.56 Å². The normalized spacial score (nSPS) is 14.3. The van der Waals surface area contributed by atoms with Crippen molar-refractivity contribution in [3.8, 4) is 5.75 Å². The molecule has 1 fully saturated rings. The predicted octanol–water partition coefficient (Wildman–Crippen LogP) is 3.78. The molecule has 1 saturated heterocycles. The smallest absolute Gasteiger partial charge is 0.322 e. The first-order chi connectivity index (χ1) is 12.9. The van der Waals surface area contributed by atoms with Gasteiger partial charge in [-0.2, -0.15) is 0 Å². The van der Waals surface area contributed by atoms with Gasteiger partial charge in [0.05, 0.1) is 18.5 Å². The maximum absolute atomic E-state index is 13.9. The Morgan fingerprint density at radius 3 is 2.41 bits per heavy atom. The number of ether oxygens (including phenoxy) is 1. The summed E-state index contributed by atoms with van der Waals surface area (Å²) in [6.07, 6.45) is 0. The number of aryl methyl sites for hydroxylation is 1. The number of hydrogen-bond acceptors (Lipinski definition) is 3. The number of hydrogen-bond donors (Lipinski definition) is 1. The first kappa shape index (κ1) is 18.9. The second-order valence-corrected chi connectivity index (χ2v) is 6.30. The van der Waals surface area contributed by atoms with Crippen LogP contribution in [0.15, 0.2) is 30.3 Å². The molecule has 5 nitrogen and oxygen atoms in total. The van der Waals surface area contributed by atoms with Crippen molar-refractivity contribution in [2.75, 3.05) is 43.5 Å². The van der Waals surface area contributed by atoms with E-state index in [1.165, 1.54) is 13.2 Å². The molecule has 2 aromatic rings. The first-order valence-corrected chi connectivity index (χ1v) is 8.49. The number of anilines is 2. The number of methoxy groups -OCH3 is 1. The molecule has 0 saturated carbocycles. The maximum atomic E-state index is 13.9. The van der Waals surface area contributed by atoms with Crippen molar-refractivity contribution in [2.24, 2.45) is 0 Å². The lowest BCUT2D eigenvalue weighted by atomic mass is 10.2. The fourth-order valence-corrected chi connectivity index (χ4v) is 3.02. The van der Waals surface area contributed by atoms with E-state index in [1.807, 2.05) is 19.1 Å². The number of carbonyl (C=O) groups is 1. The summed E-state index contributed by atoms with van der Waals surface area (Å²) in [5.41, 5.74) is 1.54. The second kappa shape index (κ2) is 7.77. The molecule has 2 amide bonds. The van der Waals surface area contributed by atoms with Crippen LogP contribution in [-0.4, -0.2) is 44.2 Å². The number of rotatable bonds is 3. The third-order valence-electron chi connectivity index (χ3n) is 4.52. The van der Waals surface area contributed by atoms with E-state index in [1.54, 1.807) is 15.9 Å². The van der Waals surface area contributed by atoms with Gasteiger partial charge in [-0.25, -0.2) is 18.0 Å². The Kier molecular flexibility index (Phi) is 5.43. The lowest BCUT2D eigenvalue weighted by Gasteiger charge is -2.36. The second-order valence-electron chi connectivity index (χ2n) is 6.30. The van der Waals surface area contributed by atoms with Crippen molar-refractivity contribution < 1.29 is 22.7 Å². The molecule has 0 unspecified atom stereocenters. The van der Waals surface area contributed by atoms with Gasteiger partial charge in [0.15, 0.2) is 17.5 Å². The van der Waals surface area contributed by atoms with Gasteiger partial charge in [0.1, 0.15) is 5.75 Å². The summed E-state index contributed by atoms with van der Waals surface area (Å²) in [4.78, 5) is 15.7. The quantitative estimate of drug-likeness (QED) is 0.826. The summed E-state index contributed by atoms with van der Waals surface area (Å²) in [6, 6.07) is 7.27. The molecule has 144 valence electrons. The molecule has 0 aliphatic carbocycles. The third-order valence-corrected chi connectivity index (χ3v) is 4.52. The summed E-state index contributed by atoms with van der Waals surface area (Å²) >= 11 is 0. The molecule has 1 N–H and O–H groups in total. The summed E-state index contributed by atoms with van der Waals surface area (Å²) in [5, 5.41) is 2.81. The molecule has 0 spiro atoms. The van der Waals surface area contributed by atoms with Gasteiger partial charge < -0.3 is 19.9 Å². The van der Waals surface area contributed by atoms with E-state index in [2.05, 4.69) is 5.32 Å². The van der Waals surface area contributed by atoms with Gasteiger partial charge in [-0.1, -0.05) is 6.07 Å². The van der Waals surface area contributed by atoms with Gasteiger partial charge in [-0.05, 0) is 36.8 Å². The largest absolute Gasteiger partial charge is 0.495 e. The highest BCUT2D eigenvalue weighted by Gasteiger charge is 2.25. The average Bonchev–Trinajstić information content (AvgIpc) is 2.67. The van der Waals surface area contributed by atoms with Crippen LogP contribution in [0.25, 0.3) is 0 Å². The SMILES string of the molecule is COc1ccc(C)cc1NC(=O)N1CCN(c2ccc(F)c(F)c2F)CC1. The molecule has 2 aromatic carbocycles. The molecule has 1 aliphatic heterocycles. The van der Waals surface area contributed by atoms with Crippen molar-refractivity contribution in [1.29, 1.82) is 0 Å². The molecule has 0 atom stereocenters. The van der Waals surface area contributed by atoms with Gasteiger partial charge in [0.25, 0.3) is 0 Å². The van der Waals surface area contributed by atoms with Gasteiger partial charge >= 0.3 is 6.03 Å². The van der Waals surface area contributed by atoms with E-state index in [4.69, 9.17) is 4.74 Å². The van der Waals surface area contributed by atoms with Gasteiger partial charge in [0.2, 0.25) is 0 Å². The van der Waals surface area contributed by atoms with E-state index in [9.17, 15) is 18.0 Å². The van der Waals surface area contributed by atoms with E-state index >= 15 is 0 Å². The van der Waals surface area contributed by atoms with Crippen LogP contribution >= 0.6 is 0 Å². The number of nitrogens with one attached hydrogen (secondary N) is 1. The number of piperazine rings is 1. The maximum Gasteiger partial charge on any atom is 0.322 e. The number of carbonyl (C=O) groups excluding carboxylic acids is 1. The van der Waals surface area contributed by atoms with Crippen LogP contribution in [0, 0.1) is 24.4 Å². The molecular weight excluding hydrogens is 359 g/mol. The minimum Gasteiger partial charge on any atom is -0.495 e. The number of halogens is 3. The van der Waals surface area contributed by atoms with Crippen LogP contribution in [0.4, 0.5) is 29.3 Å². The Bertz CT molecular complexity index is 852. The highest BCUT2D eigenvalue weighted by Crippen LogP contribution is 2.27. The number of benzene rings is 2. The highest BCUT2D eigenvalue weighted by atomic mass is 19.2. The van der Waals surface area contributed by atoms with Crippen molar-refractivity contribution in [2.45, 2.75) is 6.92 Å². The third kappa shape index (κ3) is 3.94. The van der Waals surface area contributed by atoms with E-state index < -0.39 is 17.5 Å². The monoisotopic (exact) mass is 379 g/mol. The molecular formula is C19H20F3N3O2. The van der Waals surface area contributed by atoms with Gasteiger partial charge in [-0.15, -0.1) is 0 Å². The van der Waals surface area contributed by atoms with Crippen molar-refractivity contribution >= 4 is 17.4 Å². The van der Waals surface area contributed by atoms with Crippen LogP contribution in [0.2, 0.25) is 0 Å². The zero-order valence-corrected chi connectivity index (χ0v) is 15.1.